The van der Waals surface area contributed by atoms with Gasteiger partial charge in [-0.15, -0.1) is 10.1 Å². The molecule has 5 aliphatic rings. The summed E-state index contributed by atoms with van der Waals surface area (Å²) in [7, 11) is 0. The summed E-state index contributed by atoms with van der Waals surface area (Å²) >= 11 is 0. The van der Waals surface area contributed by atoms with Crippen molar-refractivity contribution in [3.63, 3.8) is 0 Å². The van der Waals surface area contributed by atoms with Crippen LogP contribution in [0.25, 0.3) is 0 Å². The number of nitrogens with one attached hydrogen (secondary N) is 1. The lowest BCUT2D eigenvalue weighted by Crippen LogP contribution is -2.78. The van der Waals surface area contributed by atoms with E-state index >= 15 is 4.39 Å². The summed E-state index contributed by atoms with van der Waals surface area (Å²) in [6, 6.07) is 0. The first-order valence-corrected chi connectivity index (χ1v) is 15.4. The molecule has 1 aliphatic heterocycles. The molecule has 4 aliphatic carbocycles. The van der Waals surface area contributed by atoms with Crippen LogP contribution in [0.2, 0.25) is 0 Å². The molecule has 45 heavy (non-hydrogen) atoms. The van der Waals surface area contributed by atoms with Gasteiger partial charge in [-0.2, -0.15) is 0 Å². The number of ketones is 1. The van der Waals surface area contributed by atoms with Crippen LogP contribution in [0.3, 0.4) is 0 Å². The van der Waals surface area contributed by atoms with Crippen molar-refractivity contribution in [2.75, 3.05) is 6.61 Å². The SMILES string of the molecule is CC1(C)O[C@@H]2C[C@H]3[C@@H]4CCC5=CC(=O)C=C[C@]5(C)[C@@]4(F)[C@@H](O)C[C@]3(C)[C@@]2(C(CC=O)(NC(=O)CCCCO[N+](=O)[O-])C(=O)O)O1. The molecule has 1 unspecified atom stereocenters. The Bertz CT molecular complexity index is 1370. The summed E-state index contributed by atoms with van der Waals surface area (Å²) in [5.41, 5.74) is -8.50. The molecular formula is C31H41FN2O11. The first-order chi connectivity index (χ1) is 20.9. The van der Waals surface area contributed by atoms with Crippen LogP contribution in [0, 0.1) is 32.8 Å². The van der Waals surface area contributed by atoms with Gasteiger partial charge in [-0.05, 0) is 77.4 Å². The molecule has 1 saturated heterocycles. The maximum atomic E-state index is 17.8. The molecule has 1 heterocycles. The fourth-order valence-corrected chi connectivity index (χ4v) is 9.65. The maximum absolute atomic E-state index is 17.8. The smallest absolute Gasteiger partial charge is 0.333 e. The summed E-state index contributed by atoms with van der Waals surface area (Å²) in [4.78, 5) is 66.0. The van der Waals surface area contributed by atoms with Crippen LogP contribution in [0.1, 0.15) is 79.1 Å². The number of aliphatic hydroxyl groups is 1. The van der Waals surface area contributed by atoms with Crippen molar-refractivity contribution in [1.29, 1.82) is 0 Å². The highest BCUT2D eigenvalue weighted by Crippen LogP contribution is 2.74. The molecule has 1 amide bonds. The minimum atomic E-state index is -2.37. The second-order valence-corrected chi connectivity index (χ2v) is 14.0. The van der Waals surface area contributed by atoms with Crippen molar-refractivity contribution in [2.45, 2.75) is 114 Å². The maximum Gasteiger partial charge on any atom is 0.333 e. The van der Waals surface area contributed by atoms with Crippen molar-refractivity contribution < 1.29 is 53.2 Å². The lowest BCUT2D eigenvalue weighted by Gasteiger charge is -2.64. The van der Waals surface area contributed by atoms with Crippen LogP contribution in [0.15, 0.2) is 23.8 Å². The van der Waals surface area contributed by atoms with Gasteiger partial charge in [0.25, 0.3) is 5.09 Å². The first kappa shape index (κ1) is 33.1. The van der Waals surface area contributed by atoms with Crippen LogP contribution in [-0.2, 0) is 33.5 Å². The van der Waals surface area contributed by atoms with Gasteiger partial charge in [-0.1, -0.05) is 18.6 Å². The summed E-state index contributed by atoms with van der Waals surface area (Å²) in [6.45, 7) is 6.34. The van der Waals surface area contributed by atoms with Gasteiger partial charge in [0.1, 0.15) is 11.9 Å². The number of halogens is 1. The minimum absolute atomic E-state index is 0.130. The van der Waals surface area contributed by atoms with E-state index < -0.39 is 80.9 Å². The number of carbonyl (C=O) groups excluding carboxylic acids is 3. The number of aldehydes is 1. The number of aliphatic hydroxyl groups excluding tert-OH is 1. The molecular weight excluding hydrogens is 595 g/mol. The zero-order valence-corrected chi connectivity index (χ0v) is 25.9. The predicted octanol–water partition coefficient (Wildman–Crippen LogP) is 2.76. The Hall–Kier alpha value is -3.23. The largest absolute Gasteiger partial charge is 0.479 e. The molecule has 4 fully saturated rings. The lowest BCUT2D eigenvalue weighted by molar-refractivity contribution is -0.757. The third-order valence-corrected chi connectivity index (χ3v) is 11.4. The van der Waals surface area contributed by atoms with E-state index in [4.69, 9.17) is 9.47 Å². The van der Waals surface area contributed by atoms with Crippen molar-refractivity contribution in [3.8, 4) is 0 Å². The van der Waals surface area contributed by atoms with Gasteiger partial charge >= 0.3 is 5.97 Å². The number of carbonyl (C=O) groups is 4. The Kier molecular flexibility index (Phi) is 8.06. The highest BCUT2D eigenvalue weighted by molar-refractivity contribution is 6.01. The average molecular weight is 637 g/mol. The lowest BCUT2D eigenvalue weighted by atomic mass is 9.43. The number of alkyl halides is 1. The number of aliphatic carboxylic acids is 1. The van der Waals surface area contributed by atoms with Crippen LogP contribution in [0.5, 0.6) is 0 Å². The topological polar surface area (TPSA) is 192 Å². The number of allylic oxidation sites excluding steroid dienone is 4. The molecule has 3 saturated carbocycles. The van der Waals surface area contributed by atoms with E-state index in [1.807, 2.05) is 0 Å². The van der Waals surface area contributed by atoms with Gasteiger partial charge in [-0.25, -0.2) is 9.18 Å². The Labute approximate surface area is 259 Å². The van der Waals surface area contributed by atoms with E-state index in [-0.39, 0.29) is 50.9 Å². The molecule has 0 aromatic heterocycles. The van der Waals surface area contributed by atoms with E-state index in [0.29, 0.717) is 18.3 Å². The van der Waals surface area contributed by atoms with Crippen molar-refractivity contribution in [2.24, 2.45) is 22.7 Å². The van der Waals surface area contributed by atoms with Gasteiger partial charge in [-0.3, -0.25) is 9.59 Å². The fraction of sp³-hybridized carbons (Fsp3) is 0.742. The highest BCUT2D eigenvalue weighted by Gasteiger charge is 2.84. The van der Waals surface area contributed by atoms with Crippen molar-refractivity contribution in [3.05, 3.63) is 33.9 Å². The number of fused-ring (bicyclic) bond motifs is 7. The summed E-state index contributed by atoms with van der Waals surface area (Å²) < 4.78 is 30.7. The monoisotopic (exact) mass is 636 g/mol. The standard InChI is InChI=1S/C31H41FN2O11/c1-26(2)44-23-16-21-20-9-8-18-15-19(36)10-11-27(18,3)30(20,32)22(37)17-28(21,4)31(23,45-26)29(12-13-35,25(39)40)33-24(38)7-5-6-14-43-34(41)42/h10-11,13,15,20-23,37H,5-9,12,14,16-17H2,1-4H3,(H,33,38)(H,39,40)/t20-,21-,22-,23+,27-,28-,29?,30-,31-/m0/s1. The third-order valence-electron chi connectivity index (χ3n) is 11.4. The number of hydrogen-bond acceptors (Lipinski definition) is 10. The van der Waals surface area contributed by atoms with Crippen LogP contribution in [-0.4, -0.2) is 80.7 Å². The molecule has 0 radical (unpaired) electrons. The van der Waals surface area contributed by atoms with Gasteiger partial charge in [0.15, 0.2) is 22.8 Å². The van der Waals surface area contributed by atoms with Gasteiger partial charge < -0.3 is 34.6 Å². The summed E-state index contributed by atoms with van der Waals surface area (Å²) in [6.07, 6.45) is 1.90. The molecule has 9 atom stereocenters. The number of hydrogen-bond donors (Lipinski definition) is 3. The average Bonchev–Trinajstić information content (AvgIpc) is 3.35. The normalized spacial score (nSPS) is 40.6. The summed E-state index contributed by atoms with van der Waals surface area (Å²) in [5.74, 6) is -5.29. The molecule has 0 spiro atoms. The Morgan fingerprint density at radius 2 is 1.98 bits per heavy atom. The van der Waals surface area contributed by atoms with Gasteiger partial charge in [0.05, 0.1) is 18.8 Å². The number of carboxylic acids is 1. The Morgan fingerprint density at radius 1 is 1.27 bits per heavy atom. The molecule has 3 N–H and O–H groups in total. The summed E-state index contributed by atoms with van der Waals surface area (Å²) in [5, 5.41) is 34.9. The van der Waals surface area contributed by atoms with Crippen LogP contribution < -0.4 is 5.32 Å². The van der Waals surface area contributed by atoms with Crippen LogP contribution in [0.4, 0.5) is 4.39 Å². The second kappa shape index (κ2) is 10.9. The van der Waals surface area contributed by atoms with Gasteiger partial charge in [0.2, 0.25) is 5.91 Å². The quantitative estimate of drug-likeness (QED) is 0.131. The highest BCUT2D eigenvalue weighted by atomic mass is 19.1. The number of ether oxygens (including phenoxy) is 2. The van der Waals surface area contributed by atoms with Crippen LogP contribution >= 0.6 is 0 Å². The van der Waals surface area contributed by atoms with E-state index in [1.54, 1.807) is 27.7 Å². The second-order valence-electron chi connectivity index (χ2n) is 14.0. The number of rotatable bonds is 11. The number of unbranched alkanes of at least 4 members (excludes halogenated alkanes) is 1. The van der Waals surface area contributed by atoms with E-state index in [2.05, 4.69) is 10.2 Å². The van der Waals surface area contributed by atoms with Gasteiger partial charge in [0, 0.05) is 29.6 Å². The first-order valence-electron chi connectivity index (χ1n) is 15.4. The fourth-order valence-electron chi connectivity index (χ4n) is 9.65. The molecule has 13 nitrogen and oxygen atoms in total. The predicted molar refractivity (Wildman–Crippen MR) is 152 cm³/mol. The third kappa shape index (κ3) is 4.57. The molecule has 14 heteroatoms. The number of carboxylic acid groups (broad SMARTS) is 1. The zero-order chi connectivity index (χ0) is 33.2. The molecule has 0 bridgehead atoms. The Balaban J connectivity index is 1.58. The molecule has 248 valence electrons. The van der Waals surface area contributed by atoms with Crippen molar-refractivity contribution >= 4 is 23.9 Å². The van der Waals surface area contributed by atoms with E-state index in [0.717, 1.165) is 0 Å². The minimum Gasteiger partial charge on any atom is -0.479 e. The zero-order valence-electron chi connectivity index (χ0n) is 25.9. The Morgan fingerprint density at radius 3 is 2.62 bits per heavy atom. The number of amides is 1. The molecule has 0 aromatic carbocycles. The van der Waals surface area contributed by atoms with E-state index in [9.17, 15) is 39.5 Å². The molecule has 5 rings (SSSR count). The van der Waals surface area contributed by atoms with Crippen molar-refractivity contribution in [1.82, 2.24) is 5.32 Å². The van der Waals surface area contributed by atoms with E-state index in [1.165, 1.54) is 18.2 Å². The molecule has 0 aromatic rings. The number of nitrogens with zero attached hydrogens (tertiary/aromatic N) is 1.